The summed E-state index contributed by atoms with van der Waals surface area (Å²) < 4.78 is 39.8. The number of piperidine rings is 1. The summed E-state index contributed by atoms with van der Waals surface area (Å²) >= 11 is 0. The molecule has 1 aliphatic rings. The standard InChI is InChI=1S/C18H19F3N2/c19-14-2-4-15(5-3-14)23(16-7-9-22-10-8-16)12-13-1-6-17(20)18(21)11-13/h1-6,11,16,22H,7-10,12H2. The third kappa shape index (κ3) is 3.85. The first-order chi connectivity index (χ1) is 11.1. The molecule has 1 N–H and O–H groups in total. The first-order valence-corrected chi connectivity index (χ1v) is 7.80. The van der Waals surface area contributed by atoms with Crippen molar-refractivity contribution in [3.8, 4) is 0 Å². The minimum absolute atomic E-state index is 0.285. The summed E-state index contributed by atoms with van der Waals surface area (Å²) in [6.07, 6.45) is 1.92. The third-order valence-electron chi connectivity index (χ3n) is 4.24. The van der Waals surface area contributed by atoms with Crippen LogP contribution in [0.4, 0.5) is 18.9 Å². The van der Waals surface area contributed by atoms with E-state index in [1.807, 2.05) is 0 Å². The summed E-state index contributed by atoms with van der Waals surface area (Å²) in [6, 6.07) is 10.6. The van der Waals surface area contributed by atoms with Crippen molar-refractivity contribution in [3.05, 3.63) is 65.5 Å². The number of hydrogen-bond acceptors (Lipinski definition) is 2. The molecule has 2 nitrogen and oxygen atoms in total. The number of benzene rings is 2. The van der Waals surface area contributed by atoms with Gasteiger partial charge in [-0.05, 0) is 67.9 Å². The maximum Gasteiger partial charge on any atom is 0.159 e. The van der Waals surface area contributed by atoms with Gasteiger partial charge in [0.05, 0.1) is 0 Å². The number of hydrogen-bond donors (Lipinski definition) is 1. The normalized spacial score (nSPS) is 15.6. The van der Waals surface area contributed by atoms with Crippen LogP contribution in [0.1, 0.15) is 18.4 Å². The lowest BCUT2D eigenvalue weighted by molar-refractivity contribution is 0.427. The van der Waals surface area contributed by atoms with E-state index >= 15 is 0 Å². The van der Waals surface area contributed by atoms with Crippen molar-refractivity contribution in [1.82, 2.24) is 5.32 Å². The molecule has 0 aliphatic carbocycles. The lowest BCUT2D eigenvalue weighted by atomic mass is 10.0. The molecule has 0 atom stereocenters. The summed E-state index contributed by atoms with van der Waals surface area (Å²) in [5.74, 6) is -1.97. The van der Waals surface area contributed by atoms with Gasteiger partial charge in [-0.2, -0.15) is 0 Å². The van der Waals surface area contributed by atoms with E-state index in [-0.39, 0.29) is 11.9 Å². The topological polar surface area (TPSA) is 15.3 Å². The van der Waals surface area contributed by atoms with E-state index in [2.05, 4.69) is 10.2 Å². The molecule has 2 aromatic rings. The highest BCUT2D eigenvalue weighted by Crippen LogP contribution is 2.25. The molecular formula is C18H19F3N2. The number of nitrogens with one attached hydrogen (secondary N) is 1. The van der Waals surface area contributed by atoms with Crippen LogP contribution in [0.3, 0.4) is 0 Å². The number of rotatable bonds is 4. The molecule has 0 unspecified atom stereocenters. The van der Waals surface area contributed by atoms with Crippen LogP contribution in [0.25, 0.3) is 0 Å². The van der Waals surface area contributed by atoms with Crippen molar-refractivity contribution in [2.24, 2.45) is 0 Å². The van der Waals surface area contributed by atoms with Crippen LogP contribution in [-0.4, -0.2) is 19.1 Å². The van der Waals surface area contributed by atoms with Gasteiger partial charge in [0.25, 0.3) is 0 Å². The molecule has 1 heterocycles. The van der Waals surface area contributed by atoms with Crippen LogP contribution in [0.2, 0.25) is 0 Å². The zero-order chi connectivity index (χ0) is 16.2. The first-order valence-electron chi connectivity index (χ1n) is 7.80. The molecule has 3 rings (SSSR count). The lowest BCUT2D eigenvalue weighted by Crippen LogP contribution is -2.43. The minimum Gasteiger partial charge on any atom is -0.364 e. The molecule has 0 bridgehead atoms. The van der Waals surface area contributed by atoms with E-state index in [9.17, 15) is 13.2 Å². The highest BCUT2D eigenvalue weighted by Gasteiger charge is 2.22. The zero-order valence-electron chi connectivity index (χ0n) is 12.7. The Morgan fingerprint density at radius 2 is 1.61 bits per heavy atom. The fourth-order valence-corrected chi connectivity index (χ4v) is 3.02. The van der Waals surface area contributed by atoms with Crippen molar-refractivity contribution in [2.45, 2.75) is 25.4 Å². The Bertz CT molecular complexity index is 652. The van der Waals surface area contributed by atoms with Crippen molar-refractivity contribution in [1.29, 1.82) is 0 Å². The Kier molecular flexibility index (Phi) is 4.86. The van der Waals surface area contributed by atoms with Gasteiger partial charge in [-0.25, -0.2) is 13.2 Å². The summed E-state index contributed by atoms with van der Waals surface area (Å²) in [6.45, 7) is 2.30. The summed E-state index contributed by atoms with van der Waals surface area (Å²) in [4.78, 5) is 2.15. The molecule has 122 valence electrons. The maximum atomic E-state index is 13.5. The smallest absolute Gasteiger partial charge is 0.159 e. The molecule has 1 saturated heterocycles. The molecule has 1 aliphatic heterocycles. The van der Waals surface area contributed by atoms with Gasteiger partial charge in [-0.3, -0.25) is 0 Å². The molecule has 1 fully saturated rings. The fraction of sp³-hybridized carbons (Fsp3) is 0.333. The average Bonchev–Trinajstić information content (AvgIpc) is 2.58. The first kappa shape index (κ1) is 15.9. The van der Waals surface area contributed by atoms with Crippen LogP contribution in [0.5, 0.6) is 0 Å². The second-order valence-corrected chi connectivity index (χ2v) is 5.83. The Morgan fingerprint density at radius 3 is 2.26 bits per heavy atom. The fourth-order valence-electron chi connectivity index (χ4n) is 3.02. The molecule has 0 aromatic heterocycles. The zero-order valence-corrected chi connectivity index (χ0v) is 12.7. The summed E-state index contributed by atoms with van der Waals surface area (Å²) in [5.41, 5.74) is 1.59. The Labute approximate surface area is 133 Å². The second kappa shape index (κ2) is 7.04. The van der Waals surface area contributed by atoms with Crippen LogP contribution in [-0.2, 0) is 6.54 Å². The highest BCUT2D eigenvalue weighted by molar-refractivity contribution is 5.48. The predicted molar refractivity (Wildman–Crippen MR) is 84.8 cm³/mol. The number of halogens is 3. The molecule has 0 amide bonds. The summed E-state index contributed by atoms with van der Waals surface area (Å²) in [7, 11) is 0. The quantitative estimate of drug-likeness (QED) is 0.920. The van der Waals surface area contributed by atoms with Crippen molar-refractivity contribution in [3.63, 3.8) is 0 Å². The van der Waals surface area contributed by atoms with Gasteiger partial charge in [0.2, 0.25) is 0 Å². The number of nitrogens with zero attached hydrogens (tertiary/aromatic N) is 1. The van der Waals surface area contributed by atoms with Crippen molar-refractivity contribution >= 4 is 5.69 Å². The monoisotopic (exact) mass is 320 g/mol. The molecule has 2 aromatic carbocycles. The van der Waals surface area contributed by atoms with E-state index in [0.717, 1.165) is 37.7 Å². The third-order valence-corrected chi connectivity index (χ3v) is 4.24. The lowest BCUT2D eigenvalue weighted by Gasteiger charge is -2.36. The average molecular weight is 320 g/mol. The van der Waals surface area contributed by atoms with Crippen molar-refractivity contribution < 1.29 is 13.2 Å². The minimum atomic E-state index is -0.844. The SMILES string of the molecule is Fc1ccc(N(Cc2ccc(F)c(F)c2)C2CCNCC2)cc1. The van der Waals surface area contributed by atoms with Crippen LogP contribution in [0.15, 0.2) is 42.5 Å². The second-order valence-electron chi connectivity index (χ2n) is 5.83. The Hall–Kier alpha value is -2.01. The largest absolute Gasteiger partial charge is 0.364 e. The predicted octanol–water partition coefficient (Wildman–Crippen LogP) is 3.86. The van der Waals surface area contributed by atoms with Crippen LogP contribution >= 0.6 is 0 Å². The van der Waals surface area contributed by atoms with Gasteiger partial charge in [-0.15, -0.1) is 0 Å². The maximum absolute atomic E-state index is 13.5. The van der Waals surface area contributed by atoms with E-state index in [1.54, 1.807) is 18.2 Å². The van der Waals surface area contributed by atoms with E-state index in [4.69, 9.17) is 0 Å². The molecule has 0 saturated carbocycles. The number of anilines is 1. The van der Waals surface area contributed by atoms with Gasteiger partial charge in [-0.1, -0.05) is 6.07 Å². The van der Waals surface area contributed by atoms with Crippen molar-refractivity contribution in [2.75, 3.05) is 18.0 Å². The molecule has 5 heteroatoms. The van der Waals surface area contributed by atoms with Crippen LogP contribution in [0, 0.1) is 17.5 Å². The highest BCUT2D eigenvalue weighted by atomic mass is 19.2. The summed E-state index contributed by atoms with van der Waals surface area (Å²) in [5, 5.41) is 3.31. The Morgan fingerprint density at radius 1 is 0.913 bits per heavy atom. The molecule has 0 radical (unpaired) electrons. The van der Waals surface area contributed by atoms with Crippen LogP contribution < -0.4 is 10.2 Å². The van der Waals surface area contributed by atoms with Gasteiger partial charge in [0, 0.05) is 18.3 Å². The Balaban J connectivity index is 1.87. The van der Waals surface area contributed by atoms with Gasteiger partial charge < -0.3 is 10.2 Å². The molecule has 0 spiro atoms. The van der Waals surface area contributed by atoms with Gasteiger partial charge in [0.1, 0.15) is 5.82 Å². The van der Waals surface area contributed by atoms with Gasteiger partial charge >= 0.3 is 0 Å². The molecular weight excluding hydrogens is 301 g/mol. The molecule has 23 heavy (non-hydrogen) atoms. The van der Waals surface area contributed by atoms with E-state index < -0.39 is 11.6 Å². The van der Waals surface area contributed by atoms with Gasteiger partial charge in [0.15, 0.2) is 11.6 Å². The van der Waals surface area contributed by atoms with E-state index in [1.165, 1.54) is 18.2 Å². The van der Waals surface area contributed by atoms with E-state index in [0.29, 0.717) is 12.1 Å².